The minimum absolute atomic E-state index is 0.119. The first kappa shape index (κ1) is 15.1. The van der Waals surface area contributed by atoms with Crippen molar-refractivity contribution in [3.63, 3.8) is 0 Å². The fourth-order valence-electron chi connectivity index (χ4n) is 1.81. The van der Waals surface area contributed by atoms with Crippen molar-refractivity contribution in [2.45, 2.75) is 19.4 Å². The molecule has 6 nitrogen and oxygen atoms in total. The van der Waals surface area contributed by atoms with Crippen molar-refractivity contribution < 1.29 is 9.90 Å². The maximum Gasteiger partial charge on any atom is 0.251 e. The minimum Gasteiger partial charge on any atom is -0.394 e. The number of anilines is 2. The Morgan fingerprint density at radius 1 is 1.38 bits per heavy atom. The molecule has 6 heteroatoms. The van der Waals surface area contributed by atoms with Gasteiger partial charge in [0.25, 0.3) is 5.91 Å². The molecular formula is C15H20N4O2. The summed E-state index contributed by atoms with van der Waals surface area (Å²) in [5.74, 6) is -0.219. The highest BCUT2D eigenvalue weighted by Gasteiger charge is 2.20. The van der Waals surface area contributed by atoms with E-state index >= 15 is 0 Å². The molecule has 0 aliphatic heterocycles. The highest BCUT2D eigenvalue weighted by Crippen LogP contribution is 2.17. The van der Waals surface area contributed by atoms with E-state index in [4.69, 9.17) is 0 Å². The molecule has 0 aliphatic carbocycles. The van der Waals surface area contributed by atoms with Crippen LogP contribution in [0.3, 0.4) is 0 Å². The first-order valence-electron chi connectivity index (χ1n) is 6.69. The van der Waals surface area contributed by atoms with E-state index in [1.807, 2.05) is 19.3 Å². The highest BCUT2D eigenvalue weighted by molar-refractivity contribution is 5.95. The lowest BCUT2D eigenvalue weighted by atomic mass is 10.1. The van der Waals surface area contributed by atoms with Crippen LogP contribution in [0.4, 0.5) is 11.4 Å². The Hall–Kier alpha value is -2.34. The van der Waals surface area contributed by atoms with Crippen molar-refractivity contribution in [3.05, 3.63) is 42.2 Å². The lowest BCUT2D eigenvalue weighted by Crippen LogP contribution is -2.46. The Morgan fingerprint density at radius 3 is 2.76 bits per heavy atom. The van der Waals surface area contributed by atoms with Gasteiger partial charge in [0.2, 0.25) is 0 Å². The van der Waals surface area contributed by atoms with E-state index in [9.17, 15) is 9.90 Å². The van der Waals surface area contributed by atoms with Crippen molar-refractivity contribution in [2.75, 3.05) is 11.9 Å². The Labute approximate surface area is 123 Å². The summed E-state index contributed by atoms with van der Waals surface area (Å²) in [5.41, 5.74) is 1.54. The quantitative estimate of drug-likeness (QED) is 0.782. The molecule has 0 spiro atoms. The highest BCUT2D eigenvalue weighted by atomic mass is 16.3. The van der Waals surface area contributed by atoms with Gasteiger partial charge in [0.15, 0.2) is 0 Å². The third kappa shape index (κ3) is 4.06. The zero-order valence-corrected chi connectivity index (χ0v) is 12.4. The molecule has 1 heterocycles. The van der Waals surface area contributed by atoms with Gasteiger partial charge in [0, 0.05) is 24.5 Å². The number of carbonyl (C=O) groups excluding carboxylic acids is 1. The summed E-state index contributed by atoms with van der Waals surface area (Å²) in [6.45, 7) is 3.41. The van der Waals surface area contributed by atoms with Crippen LogP contribution in [-0.4, -0.2) is 32.9 Å². The fraction of sp³-hybridized carbons (Fsp3) is 0.333. The summed E-state index contributed by atoms with van der Waals surface area (Å²) in [6, 6.07) is 7.17. The molecule has 0 unspecified atom stereocenters. The normalized spacial score (nSPS) is 11.2. The Morgan fingerprint density at radius 2 is 2.14 bits per heavy atom. The number of nitrogens with one attached hydrogen (secondary N) is 2. The van der Waals surface area contributed by atoms with Gasteiger partial charge in [0.1, 0.15) is 0 Å². The van der Waals surface area contributed by atoms with Crippen molar-refractivity contribution in [3.8, 4) is 0 Å². The number of hydrogen-bond donors (Lipinski definition) is 3. The number of amides is 1. The number of aryl methyl sites for hydroxylation is 1. The summed E-state index contributed by atoms with van der Waals surface area (Å²) in [6.07, 6.45) is 3.56. The number of nitrogens with zero attached hydrogens (tertiary/aromatic N) is 2. The number of carbonyl (C=O) groups is 1. The first-order chi connectivity index (χ1) is 9.89. The van der Waals surface area contributed by atoms with E-state index in [1.54, 1.807) is 42.9 Å². The van der Waals surface area contributed by atoms with E-state index in [2.05, 4.69) is 15.7 Å². The van der Waals surface area contributed by atoms with Gasteiger partial charge < -0.3 is 15.7 Å². The van der Waals surface area contributed by atoms with Crippen LogP contribution in [0, 0.1) is 0 Å². The van der Waals surface area contributed by atoms with Gasteiger partial charge in [0.05, 0.1) is 24.0 Å². The molecule has 0 saturated heterocycles. The second-order valence-electron chi connectivity index (χ2n) is 5.60. The van der Waals surface area contributed by atoms with E-state index in [0.29, 0.717) is 5.56 Å². The Balaban J connectivity index is 2.12. The molecule has 0 fully saturated rings. The maximum absolute atomic E-state index is 12.2. The molecule has 0 atom stereocenters. The number of aliphatic hydroxyl groups excluding tert-OH is 1. The van der Waals surface area contributed by atoms with E-state index in [1.165, 1.54) is 0 Å². The van der Waals surface area contributed by atoms with Gasteiger partial charge in [-0.1, -0.05) is 6.07 Å². The van der Waals surface area contributed by atoms with E-state index < -0.39 is 5.54 Å². The Kier molecular flexibility index (Phi) is 4.28. The summed E-state index contributed by atoms with van der Waals surface area (Å²) in [7, 11) is 1.84. The smallest absolute Gasteiger partial charge is 0.251 e. The van der Waals surface area contributed by atoms with Crippen LogP contribution in [0.15, 0.2) is 36.7 Å². The van der Waals surface area contributed by atoms with Gasteiger partial charge in [-0.25, -0.2) is 0 Å². The van der Waals surface area contributed by atoms with E-state index in [0.717, 1.165) is 11.4 Å². The average Bonchev–Trinajstić information content (AvgIpc) is 2.84. The maximum atomic E-state index is 12.2. The van der Waals surface area contributed by atoms with Crippen LogP contribution in [0.1, 0.15) is 24.2 Å². The monoisotopic (exact) mass is 288 g/mol. The molecular weight excluding hydrogens is 268 g/mol. The lowest BCUT2D eigenvalue weighted by Gasteiger charge is -2.23. The number of aliphatic hydroxyl groups is 1. The molecule has 1 amide bonds. The van der Waals surface area contributed by atoms with Gasteiger partial charge in [-0.15, -0.1) is 0 Å². The van der Waals surface area contributed by atoms with Crippen LogP contribution < -0.4 is 10.6 Å². The molecule has 0 bridgehead atoms. The van der Waals surface area contributed by atoms with Crippen molar-refractivity contribution in [2.24, 2.45) is 7.05 Å². The second-order valence-corrected chi connectivity index (χ2v) is 5.60. The summed E-state index contributed by atoms with van der Waals surface area (Å²) in [4.78, 5) is 12.2. The van der Waals surface area contributed by atoms with Gasteiger partial charge >= 0.3 is 0 Å². The van der Waals surface area contributed by atoms with Crippen LogP contribution in [0.5, 0.6) is 0 Å². The predicted molar refractivity (Wildman–Crippen MR) is 81.6 cm³/mol. The zero-order chi connectivity index (χ0) is 15.5. The molecule has 21 heavy (non-hydrogen) atoms. The summed E-state index contributed by atoms with van der Waals surface area (Å²) in [5, 5.41) is 19.3. The zero-order valence-electron chi connectivity index (χ0n) is 12.4. The molecule has 2 aromatic rings. The molecule has 0 radical (unpaired) electrons. The predicted octanol–water partition coefficient (Wildman–Crippen LogP) is 1.66. The van der Waals surface area contributed by atoms with Crippen molar-refractivity contribution >= 4 is 17.3 Å². The fourth-order valence-corrected chi connectivity index (χ4v) is 1.81. The van der Waals surface area contributed by atoms with Crippen LogP contribution >= 0.6 is 0 Å². The largest absolute Gasteiger partial charge is 0.394 e. The van der Waals surface area contributed by atoms with Gasteiger partial charge in [-0.2, -0.15) is 5.10 Å². The van der Waals surface area contributed by atoms with Crippen LogP contribution in [0.2, 0.25) is 0 Å². The number of benzene rings is 1. The van der Waals surface area contributed by atoms with Gasteiger partial charge in [-0.3, -0.25) is 9.48 Å². The second kappa shape index (κ2) is 5.97. The van der Waals surface area contributed by atoms with Crippen LogP contribution in [-0.2, 0) is 7.05 Å². The Bertz CT molecular complexity index is 634. The molecule has 112 valence electrons. The number of aromatic nitrogens is 2. The topological polar surface area (TPSA) is 79.2 Å². The van der Waals surface area contributed by atoms with Crippen molar-refractivity contribution in [1.29, 1.82) is 0 Å². The minimum atomic E-state index is -0.649. The summed E-state index contributed by atoms with van der Waals surface area (Å²) < 4.78 is 1.70. The van der Waals surface area contributed by atoms with Crippen LogP contribution in [0.25, 0.3) is 0 Å². The SMILES string of the molecule is Cn1cc(Nc2cccc(C(=O)NC(C)(C)CO)c2)cn1. The molecule has 2 rings (SSSR count). The molecule has 0 aliphatic rings. The number of hydrogen-bond acceptors (Lipinski definition) is 4. The molecule has 1 aromatic carbocycles. The van der Waals surface area contributed by atoms with Crippen molar-refractivity contribution in [1.82, 2.24) is 15.1 Å². The summed E-state index contributed by atoms with van der Waals surface area (Å²) >= 11 is 0. The average molecular weight is 288 g/mol. The standard InChI is InChI=1S/C15H20N4O2/c1-15(2,10-20)18-14(21)11-5-4-6-12(7-11)17-13-8-16-19(3)9-13/h4-9,17,20H,10H2,1-3H3,(H,18,21). The van der Waals surface area contributed by atoms with Gasteiger partial charge in [-0.05, 0) is 32.0 Å². The third-order valence-electron chi connectivity index (χ3n) is 2.97. The number of rotatable bonds is 5. The molecule has 1 aromatic heterocycles. The van der Waals surface area contributed by atoms with E-state index in [-0.39, 0.29) is 12.5 Å². The molecule has 3 N–H and O–H groups in total. The first-order valence-corrected chi connectivity index (χ1v) is 6.69. The third-order valence-corrected chi connectivity index (χ3v) is 2.97. The lowest BCUT2D eigenvalue weighted by molar-refractivity contribution is 0.0869. The molecule has 0 saturated carbocycles.